The summed E-state index contributed by atoms with van der Waals surface area (Å²) in [5.41, 5.74) is 0. The van der Waals surface area contributed by atoms with Gasteiger partial charge in [0.25, 0.3) is 0 Å². The van der Waals surface area contributed by atoms with E-state index in [2.05, 4.69) is 0 Å². The third-order valence-electron chi connectivity index (χ3n) is 4.56. The Morgan fingerprint density at radius 3 is 2.26 bits per heavy atom. The fraction of sp³-hybridized carbons (Fsp3) is 1.00. The highest BCUT2D eigenvalue weighted by atomic mass is 32.2. The highest BCUT2D eigenvalue weighted by Crippen LogP contribution is 2.28. The SMILES string of the molecule is O=S(=O)(CC1CCCCC1)N1CCCCCC1CO. The van der Waals surface area contributed by atoms with Crippen LogP contribution in [-0.2, 0) is 10.0 Å². The van der Waals surface area contributed by atoms with E-state index in [0.29, 0.717) is 18.2 Å². The summed E-state index contributed by atoms with van der Waals surface area (Å²) in [5, 5.41) is 9.45. The molecule has 0 radical (unpaired) electrons. The van der Waals surface area contributed by atoms with Gasteiger partial charge in [-0.1, -0.05) is 32.1 Å². The number of rotatable bonds is 4. The molecule has 112 valence electrons. The van der Waals surface area contributed by atoms with Gasteiger partial charge < -0.3 is 5.11 Å². The van der Waals surface area contributed by atoms with Crippen LogP contribution in [-0.4, -0.2) is 42.8 Å². The molecule has 0 bridgehead atoms. The maximum Gasteiger partial charge on any atom is 0.214 e. The highest BCUT2D eigenvalue weighted by molar-refractivity contribution is 7.89. The lowest BCUT2D eigenvalue weighted by molar-refractivity contribution is 0.185. The van der Waals surface area contributed by atoms with Gasteiger partial charge in [0.2, 0.25) is 10.0 Å². The van der Waals surface area contributed by atoms with E-state index in [0.717, 1.165) is 38.5 Å². The first kappa shape index (κ1) is 15.3. The fourth-order valence-electron chi connectivity index (χ4n) is 3.45. The molecule has 1 saturated carbocycles. The fourth-order valence-corrected chi connectivity index (χ4v) is 5.60. The third kappa shape index (κ3) is 4.17. The van der Waals surface area contributed by atoms with Crippen LogP contribution in [0.3, 0.4) is 0 Å². The number of hydrogen-bond donors (Lipinski definition) is 1. The summed E-state index contributed by atoms with van der Waals surface area (Å²) in [6, 6.07) is -0.184. The second kappa shape index (κ2) is 7.04. The number of nitrogens with zero attached hydrogens (tertiary/aromatic N) is 1. The molecule has 1 aliphatic carbocycles. The summed E-state index contributed by atoms with van der Waals surface area (Å²) in [6.45, 7) is 0.560. The van der Waals surface area contributed by atoms with Crippen LogP contribution in [0, 0.1) is 5.92 Å². The van der Waals surface area contributed by atoms with E-state index < -0.39 is 10.0 Å². The molecule has 1 saturated heterocycles. The average Bonchev–Trinajstić information content (AvgIpc) is 2.64. The largest absolute Gasteiger partial charge is 0.395 e. The molecule has 4 nitrogen and oxygen atoms in total. The normalized spacial score (nSPS) is 28.2. The molecular weight excluding hydrogens is 262 g/mol. The molecule has 1 heterocycles. The number of sulfonamides is 1. The standard InChI is InChI=1S/C14H27NO3S/c16-11-14-9-5-2-6-10-15(14)19(17,18)12-13-7-3-1-4-8-13/h13-14,16H,1-12H2. The molecule has 19 heavy (non-hydrogen) atoms. The molecule has 5 heteroatoms. The van der Waals surface area contributed by atoms with Crippen LogP contribution in [0.25, 0.3) is 0 Å². The molecule has 2 rings (SSSR count). The van der Waals surface area contributed by atoms with E-state index >= 15 is 0 Å². The Morgan fingerprint density at radius 2 is 1.58 bits per heavy atom. The van der Waals surface area contributed by atoms with E-state index in [1.807, 2.05) is 0 Å². The molecule has 2 aliphatic rings. The zero-order valence-corrected chi connectivity index (χ0v) is 12.6. The predicted molar refractivity (Wildman–Crippen MR) is 76.4 cm³/mol. The molecular formula is C14H27NO3S. The Bertz CT molecular complexity index is 363. The smallest absolute Gasteiger partial charge is 0.214 e. The van der Waals surface area contributed by atoms with Crippen molar-refractivity contribution in [2.45, 2.75) is 63.8 Å². The Labute approximate surface area is 117 Å². The quantitative estimate of drug-likeness (QED) is 0.862. The lowest BCUT2D eigenvalue weighted by Crippen LogP contribution is -2.44. The topological polar surface area (TPSA) is 57.6 Å². The first-order chi connectivity index (χ1) is 9.13. The summed E-state index contributed by atoms with van der Waals surface area (Å²) in [4.78, 5) is 0. The summed E-state index contributed by atoms with van der Waals surface area (Å²) in [5.74, 6) is 0.630. The van der Waals surface area contributed by atoms with E-state index in [9.17, 15) is 13.5 Å². The van der Waals surface area contributed by atoms with Crippen LogP contribution in [0.15, 0.2) is 0 Å². The van der Waals surface area contributed by atoms with Gasteiger partial charge in [0, 0.05) is 12.6 Å². The van der Waals surface area contributed by atoms with Crippen LogP contribution in [0.2, 0.25) is 0 Å². The Morgan fingerprint density at radius 1 is 0.947 bits per heavy atom. The minimum Gasteiger partial charge on any atom is -0.395 e. The molecule has 1 aliphatic heterocycles. The average molecular weight is 289 g/mol. The number of aliphatic hydroxyl groups excluding tert-OH is 1. The summed E-state index contributed by atoms with van der Waals surface area (Å²) in [6.07, 6.45) is 9.54. The first-order valence-electron chi connectivity index (χ1n) is 7.74. The van der Waals surface area contributed by atoms with Gasteiger partial charge in [0.15, 0.2) is 0 Å². The summed E-state index contributed by atoms with van der Waals surface area (Å²) in [7, 11) is -3.19. The van der Waals surface area contributed by atoms with Crippen molar-refractivity contribution in [3.63, 3.8) is 0 Å². The van der Waals surface area contributed by atoms with Gasteiger partial charge in [0.1, 0.15) is 0 Å². The highest BCUT2D eigenvalue weighted by Gasteiger charge is 2.32. The van der Waals surface area contributed by atoms with Gasteiger partial charge in [-0.25, -0.2) is 8.42 Å². The Kier molecular flexibility index (Phi) is 5.66. The van der Waals surface area contributed by atoms with Gasteiger partial charge >= 0.3 is 0 Å². The minimum atomic E-state index is -3.19. The molecule has 0 spiro atoms. The van der Waals surface area contributed by atoms with E-state index in [4.69, 9.17) is 0 Å². The van der Waals surface area contributed by atoms with Crippen LogP contribution in [0.1, 0.15) is 57.8 Å². The molecule has 1 unspecified atom stereocenters. The van der Waals surface area contributed by atoms with Crippen molar-refractivity contribution in [3.05, 3.63) is 0 Å². The van der Waals surface area contributed by atoms with Crippen LogP contribution >= 0.6 is 0 Å². The molecule has 0 aromatic rings. The maximum atomic E-state index is 12.6. The molecule has 0 aromatic carbocycles. The first-order valence-corrected chi connectivity index (χ1v) is 9.35. The number of aliphatic hydroxyl groups is 1. The van der Waals surface area contributed by atoms with Crippen LogP contribution in [0.4, 0.5) is 0 Å². The predicted octanol–water partition coefficient (Wildman–Crippen LogP) is 2.13. The van der Waals surface area contributed by atoms with Gasteiger partial charge in [-0.2, -0.15) is 4.31 Å². The van der Waals surface area contributed by atoms with Gasteiger partial charge in [-0.05, 0) is 31.6 Å². The van der Waals surface area contributed by atoms with Crippen molar-refractivity contribution in [2.75, 3.05) is 18.9 Å². The van der Waals surface area contributed by atoms with Gasteiger partial charge in [-0.3, -0.25) is 0 Å². The molecule has 0 aromatic heterocycles. The number of hydrogen-bond acceptors (Lipinski definition) is 3. The maximum absolute atomic E-state index is 12.6. The van der Waals surface area contributed by atoms with Crippen molar-refractivity contribution >= 4 is 10.0 Å². The van der Waals surface area contributed by atoms with E-state index in [1.165, 1.54) is 19.3 Å². The minimum absolute atomic E-state index is 0.0378. The molecule has 1 N–H and O–H groups in total. The van der Waals surface area contributed by atoms with Crippen molar-refractivity contribution in [1.82, 2.24) is 4.31 Å². The van der Waals surface area contributed by atoms with Crippen molar-refractivity contribution in [1.29, 1.82) is 0 Å². The Balaban J connectivity index is 2.02. The van der Waals surface area contributed by atoms with Crippen LogP contribution < -0.4 is 0 Å². The summed E-state index contributed by atoms with van der Waals surface area (Å²) >= 11 is 0. The molecule has 1 atom stereocenters. The van der Waals surface area contributed by atoms with E-state index in [-0.39, 0.29) is 12.6 Å². The Hall–Kier alpha value is -0.130. The second-order valence-electron chi connectivity index (χ2n) is 6.08. The van der Waals surface area contributed by atoms with Crippen molar-refractivity contribution in [2.24, 2.45) is 5.92 Å². The van der Waals surface area contributed by atoms with E-state index in [1.54, 1.807) is 4.31 Å². The van der Waals surface area contributed by atoms with Crippen LogP contribution in [0.5, 0.6) is 0 Å². The third-order valence-corrected chi connectivity index (χ3v) is 6.65. The van der Waals surface area contributed by atoms with Gasteiger partial charge in [-0.15, -0.1) is 0 Å². The zero-order chi connectivity index (χ0) is 13.7. The van der Waals surface area contributed by atoms with Gasteiger partial charge in [0.05, 0.1) is 12.4 Å². The second-order valence-corrected chi connectivity index (χ2v) is 8.05. The zero-order valence-electron chi connectivity index (χ0n) is 11.8. The lowest BCUT2D eigenvalue weighted by atomic mass is 9.91. The monoisotopic (exact) mass is 289 g/mol. The van der Waals surface area contributed by atoms with Crippen molar-refractivity contribution in [3.8, 4) is 0 Å². The lowest BCUT2D eigenvalue weighted by Gasteiger charge is -2.30. The van der Waals surface area contributed by atoms with Crippen molar-refractivity contribution < 1.29 is 13.5 Å². The summed E-state index contributed by atoms with van der Waals surface area (Å²) < 4.78 is 26.8. The molecule has 0 amide bonds. The molecule has 2 fully saturated rings.